The van der Waals surface area contributed by atoms with Crippen molar-refractivity contribution in [2.24, 2.45) is 0 Å². The van der Waals surface area contributed by atoms with Crippen LogP contribution in [0.5, 0.6) is 0 Å². The van der Waals surface area contributed by atoms with Gasteiger partial charge in [-0.2, -0.15) is 0 Å². The smallest absolute Gasteiger partial charge is 0.125 e. The fraction of sp³-hybridized carbons (Fsp3) is 0.0370. The van der Waals surface area contributed by atoms with E-state index in [0.717, 1.165) is 11.7 Å². The summed E-state index contributed by atoms with van der Waals surface area (Å²) < 4.78 is 0. The van der Waals surface area contributed by atoms with Crippen molar-refractivity contribution in [3.63, 3.8) is 0 Å². The minimum Gasteiger partial charge on any atom is -0.233 e. The average molecular weight is 393 g/mol. The lowest BCUT2D eigenvalue weighted by molar-refractivity contribution is 0.570. The van der Waals surface area contributed by atoms with E-state index in [1.54, 1.807) is 0 Å². The van der Waals surface area contributed by atoms with Crippen LogP contribution in [-0.4, -0.2) is 5.94 Å². The van der Waals surface area contributed by atoms with Gasteiger partial charge in [0.1, 0.15) is 29.1 Å². The molecule has 0 saturated carbocycles. The van der Waals surface area contributed by atoms with Crippen LogP contribution in [0, 0.1) is 0 Å². The van der Waals surface area contributed by atoms with E-state index in [1.807, 2.05) is 18.1 Å². The van der Waals surface area contributed by atoms with E-state index < -0.39 is 7.26 Å². The van der Waals surface area contributed by atoms with E-state index in [9.17, 15) is 4.79 Å². The predicted octanol–water partition coefficient (Wildman–Crippen LogP) is 5.03. The molecule has 0 heterocycles. The molecule has 0 amide bonds. The standard InChI is InChI=1S/C27H22OP/c28-20-19-23-11-10-12-24(21-23)22-29(25-13-4-1-5-14-25,26-15-6-2-7-16-26)27-17-8-3-9-18-27/h1-19,21H,22H2/q+1. The lowest BCUT2D eigenvalue weighted by Gasteiger charge is -2.28. The highest BCUT2D eigenvalue weighted by atomic mass is 31.2. The third-order valence-corrected chi connectivity index (χ3v) is 9.57. The Bertz CT molecular complexity index is 1020. The summed E-state index contributed by atoms with van der Waals surface area (Å²) >= 11 is 0. The molecule has 0 bridgehead atoms. The van der Waals surface area contributed by atoms with Gasteiger partial charge in [-0.25, -0.2) is 4.79 Å². The van der Waals surface area contributed by atoms with Crippen LogP contribution in [0.4, 0.5) is 0 Å². The summed E-state index contributed by atoms with van der Waals surface area (Å²) in [5.41, 5.74) is 2.11. The molecule has 0 radical (unpaired) electrons. The molecule has 140 valence electrons. The molecule has 0 fully saturated rings. The molecule has 29 heavy (non-hydrogen) atoms. The van der Waals surface area contributed by atoms with Crippen LogP contribution < -0.4 is 15.9 Å². The maximum Gasteiger partial charge on any atom is 0.125 e. The first kappa shape index (κ1) is 19.1. The lowest BCUT2D eigenvalue weighted by atomic mass is 10.1. The normalized spacial score (nSPS) is 10.9. The van der Waals surface area contributed by atoms with Gasteiger partial charge in [0.05, 0.1) is 6.16 Å². The summed E-state index contributed by atoms with van der Waals surface area (Å²) in [5.74, 6) is 1.90. The van der Waals surface area contributed by atoms with Gasteiger partial charge in [0.2, 0.25) is 0 Å². The van der Waals surface area contributed by atoms with Gasteiger partial charge in [-0.05, 0) is 53.6 Å². The van der Waals surface area contributed by atoms with Gasteiger partial charge in [-0.3, -0.25) is 0 Å². The number of hydrogen-bond acceptors (Lipinski definition) is 1. The largest absolute Gasteiger partial charge is 0.233 e. The average Bonchev–Trinajstić information content (AvgIpc) is 2.80. The SMILES string of the molecule is O=C=Cc1cccc(C[P+](c2ccccc2)(c2ccccc2)c2ccccc2)c1. The zero-order valence-electron chi connectivity index (χ0n) is 16.1. The van der Waals surface area contributed by atoms with Crippen molar-refractivity contribution in [1.29, 1.82) is 0 Å². The van der Waals surface area contributed by atoms with E-state index in [-0.39, 0.29) is 0 Å². The van der Waals surface area contributed by atoms with Gasteiger partial charge in [-0.1, -0.05) is 72.8 Å². The molecule has 4 aromatic rings. The van der Waals surface area contributed by atoms with Crippen LogP contribution in [0.3, 0.4) is 0 Å². The molecule has 0 aliphatic carbocycles. The summed E-state index contributed by atoms with van der Waals surface area (Å²) in [6.45, 7) is 0. The van der Waals surface area contributed by atoms with E-state index in [0.29, 0.717) is 0 Å². The van der Waals surface area contributed by atoms with Crippen LogP contribution in [0.15, 0.2) is 115 Å². The Balaban J connectivity index is 1.98. The Hall–Kier alpha value is -3.24. The highest BCUT2D eigenvalue weighted by Crippen LogP contribution is 2.58. The zero-order valence-corrected chi connectivity index (χ0v) is 17.0. The molecule has 1 nitrogen and oxygen atoms in total. The molecule has 4 aromatic carbocycles. The molecular formula is C27H22OP+. The first-order chi connectivity index (χ1) is 14.3. The van der Waals surface area contributed by atoms with Gasteiger partial charge in [-0.15, -0.1) is 0 Å². The molecule has 0 aliphatic heterocycles. The number of carbonyl (C=O) groups excluding carboxylic acids is 1. The summed E-state index contributed by atoms with van der Waals surface area (Å²) in [6.07, 6.45) is 2.39. The van der Waals surface area contributed by atoms with Crippen LogP contribution in [-0.2, 0) is 11.0 Å². The Morgan fingerprint density at radius 3 is 1.55 bits per heavy atom. The van der Waals surface area contributed by atoms with Crippen molar-refractivity contribution >= 4 is 35.2 Å². The molecular weight excluding hydrogens is 371 g/mol. The van der Waals surface area contributed by atoms with Crippen LogP contribution >= 0.6 is 7.26 Å². The van der Waals surface area contributed by atoms with Crippen molar-refractivity contribution in [3.8, 4) is 0 Å². The highest BCUT2D eigenvalue weighted by molar-refractivity contribution is 7.95. The third kappa shape index (κ3) is 3.98. The predicted molar refractivity (Wildman–Crippen MR) is 125 cm³/mol. The molecule has 0 spiro atoms. The Morgan fingerprint density at radius 2 is 1.10 bits per heavy atom. The van der Waals surface area contributed by atoms with Gasteiger partial charge in [0.25, 0.3) is 0 Å². The molecule has 0 unspecified atom stereocenters. The van der Waals surface area contributed by atoms with Crippen LogP contribution in [0.25, 0.3) is 6.08 Å². The van der Waals surface area contributed by atoms with Crippen molar-refractivity contribution in [1.82, 2.24) is 0 Å². The van der Waals surface area contributed by atoms with Crippen molar-refractivity contribution in [3.05, 3.63) is 126 Å². The lowest BCUT2D eigenvalue weighted by Crippen LogP contribution is -2.32. The fourth-order valence-corrected chi connectivity index (χ4v) is 8.12. The summed E-state index contributed by atoms with van der Waals surface area (Å²) in [7, 11) is -1.93. The topological polar surface area (TPSA) is 17.1 Å². The van der Waals surface area contributed by atoms with Gasteiger partial charge in [0.15, 0.2) is 0 Å². The number of hydrogen-bond donors (Lipinski definition) is 0. The molecule has 0 N–H and O–H groups in total. The quantitative estimate of drug-likeness (QED) is 0.332. The minimum atomic E-state index is -1.93. The maximum atomic E-state index is 10.9. The molecule has 0 atom stereocenters. The van der Waals surface area contributed by atoms with E-state index in [4.69, 9.17) is 0 Å². The van der Waals surface area contributed by atoms with Crippen LogP contribution in [0.2, 0.25) is 0 Å². The zero-order chi connectivity index (χ0) is 19.9. The summed E-state index contributed by atoms with van der Waals surface area (Å²) in [6, 6.07) is 40.7. The molecule has 2 heteroatoms. The van der Waals surface area contributed by atoms with Gasteiger partial charge in [0, 0.05) is 6.08 Å². The van der Waals surface area contributed by atoms with E-state index in [1.165, 1.54) is 27.6 Å². The first-order valence-electron chi connectivity index (χ1n) is 9.68. The van der Waals surface area contributed by atoms with Gasteiger partial charge >= 0.3 is 0 Å². The van der Waals surface area contributed by atoms with Gasteiger partial charge < -0.3 is 0 Å². The second-order valence-electron chi connectivity index (χ2n) is 6.98. The number of rotatable bonds is 6. The van der Waals surface area contributed by atoms with E-state index in [2.05, 4.69) is 103 Å². The van der Waals surface area contributed by atoms with Crippen molar-refractivity contribution < 1.29 is 4.79 Å². The van der Waals surface area contributed by atoms with E-state index >= 15 is 0 Å². The maximum absolute atomic E-state index is 10.9. The molecule has 4 rings (SSSR count). The Morgan fingerprint density at radius 1 is 0.621 bits per heavy atom. The number of benzene rings is 4. The second kappa shape index (κ2) is 8.84. The second-order valence-corrected chi connectivity index (χ2v) is 10.5. The Labute approximate surface area is 172 Å². The monoisotopic (exact) mass is 393 g/mol. The molecule has 0 aliphatic rings. The van der Waals surface area contributed by atoms with Crippen molar-refractivity contribution in [2.75, 3.05) is 0 Å². The van der Waals surface area contributed by atoms with Crippen LogP contribution in [0.1, 0.15) is 11.1 Å². The molecule has 0 aromatic heterocycles. The Kier molecular flexibility index (Phi) is 5.82. The fourth-order valence-electron chi connectivity index (χ4n) is 3.89. The van der Waals surface area contributed by atoms with Crippen molar-refractivity contribution in [2.45, 2.75) is 6.16 Å². The minimum absolute atomic E-state index is 0.893. The first-order valence-corrected chi connectivity index (χ1v) is 11.6. The highest BCUT2D eigenvalue weighted by Gasteiger charge is 2.45. The summed E-state index contributed by atoms with van der Waals surface area (Å²) in [4.78, 5) is 10.9. The third-order valence-electron chi connectivity index (χ3n) is 5.19. The molecule has 0 saturated heterocycles. The summed E-state index contributed by atoms with van der Waals surface area (Å²) in [5, 5.41) is 4.07.